The van der Waals surface area contributed by atoms with Crippen LogP contribution in [-0.4, -0.2) is 50.3 Å². The molecule has 0 fully saturated rings. The molecule has 2 aromatic rings. The van der Waals surface area contributed by atoms with Gasteiger partial charge in [0.05, 0.1) is 30.3 Å². The maximum absolute atomic E-state index is 13.1. The van der Waals surface area contributed by atoms with Crippen molar-refractivity contribution in [2.75, 3.05) is 33.5 Å². The van der Waals surface area contributed by atoms with E-state index < -0.39 is 17.9 Å². The number of rotatable bonds is 12. The zero-order valence-corrected chi connectivity index (χ0v) is 20.6. The molecule has 0 unspecified atom stereocenters. The van der Waals surface area contributed by atoms with E-state index in [0.29, 0.717) is 42.2 Å². The first kappa shape index (κ1) is 26.0. The van der Waals surface area contributed by atoms with E-state index in [2.05, 4.69) is 0 Å². The number of nitrogens with zero attached hydrogens (tertiary/aromatic N) is 1. The summed E-state index contributed by atoms with van der Waals surface area (Å²) in [5, 5.41) is 0. The third-order valence-electron chi connectivity index (χ3n) is 5.49. The van der Waals surface area contributed by atoms with E-state index >= 15 is 0 Å². The fraction of sp³-hybridized carbons (Fsp3) is 0.357. The van der Waals surface area contributed by atoms with Gasteiger partial charge in [0.1, 0.15) is 12.4 Å². The minimum absolute atomic E-state index is 0.219. The number of carbonyl (C=O) groups excluding carboxylic acids is 2. The lowest BCUT2D eigenvalue weighted by atomic mass is 9.82. The molecule has 0 saturated heterocycles. The highest BCUT2D eigenvalue weighted by atomic mass is 16.5. The van der Waals surface area contributed by atoms with Crippen LogP contribution in [0, 0.1) is 0 Å². The fourth-order valence-corrected chi connectivity index (χ4v) is 3.92. The first-order valence-electron chi connectivity index (χ1n) is 11.9. The SMILES string of the molecule is CCOC(=O)C1=CN(CCCOC)C=C(C(=O)OCC)C1c1ccccc1OCc1ccccc1. The Hall–Kier alpha value is -3.58. The lowest BCUT2D eigenvalue weighted by Gasteiger charge is -2.31. The predicted octanol–water partition coefficient (Wildman–Crippen LogP) is 4.60. The molecule has 0 amide bonds. The van der Waals surface area contributed by atoms with Crippen molar-refractivity contribution in [3.8, 4) is 5.75 Å². The number of esters is 2. The minimum Gasteiger partial charge on any atom is -0.489 e. The molecule has 1 aliphatic heterocycles. The quantitative estimate of drug-likeness (QED) is 0.325. The molecular formula is C28H33NO6. The summed E-state index contributed by atoms with van der Waals surface area (Å²) in [6, 6.07) is 17.3. The second-order valence-electron chi connectivity index (χ2n) is 7.94. The average Bonchev–Trinajstić information content (AvgIpc) is 2.88. The third kappa shape index (κ3) is 6.96. The van der Waals surface area contributed by atoms with Gasteiger partial charge in [0.15, 0.2) is 0 Å². The molecule has 3 rings (SSSR count). The van der Waals surface area contributed by atoms with Gasteiger partial charge < -0.3 is 23.8 Å². The molecule has 1 aliphatic rings. The van der Waals surface area contributed by atoms with Gasteiger partial charge in [-0.1, -0.05) is 48.5 Å². The number of hydrogen-bond acceptors (Lipinski definition) is 7. The molecule has 7 nitrogen and oxygen atoms in total. The molecule has 186 valence electrons. The normalized spacial score (nSPS) is 13.6. The van der Waals surface area contributed by atoms with E-state index in [1.165, 1.54) is 0 Å². The Labute approximate surface area is 206 Å². The van der Waals surface area contributed by atoms with Crippen LogP contribution < -0.4 is 4.74 Å². The van der Waals surface area contributed by atoms with E-state index in [1.807, 2.05) is 59.5 Å². The van der Waals surface area contributed by atoms with Crippen molar-refractivity contribution in [2.24, 2.45) is 0 Å². The van der Waals surface area contributed by atoms with Crippen molar-refractivity contribution in [3.63, 3.8) is 0 Å². The molecule has 35 heavy (non-hydrogen) atoms. The van der Waals surface area contributed by atoms with Crippen LogP contribution >= 0.6 is 0 Å². The van der Waals surface area contributed by atoms with Crippen LogP contribution in [0.25, 0.3) is 0 Å². The smallest absolute Gasteiger partial charge is 0.336 e. The van der Waals surface area contributed by atoms with Gasteiger partial charge in [0, 0.05) is 38.2 Å². The summed E-state index contributed by atoms with van der Waals surface area (Å²) < 4.78 is 22.1. The molecule has 0 N–H and O–H groups in total. The summed E-state index contributed by atoms with van der Waals surface area (Å²) in [6.45, 7) is 5.43. The highest BCUT2D eigenvalue weighted by Crippen LogP contribution is 2.41. The molecule has 0 saturated carbocycles. The molecule has 0 radical (unpaired) electrons. The first-order valence-corrected chi connectivity index (χ1v) is 11.9. The van der Waals surface area contributed by atoms with E-state index in [1.54, 1.807) is 33.4 Å². The van der Waals surface area contributed by atoms with Gasteiger partial charge in [-0.2, -0.15) is 0 Å². The van der Waals surface area contributed by atoms with E-state index in [9.17, 15) is 9.59 Å². The van der Waals surface area contributed by atoms with Crippen LogP contribution in [0.3, 0.4) is 0 Å². The van der Waals surface area contributed by atoms with Gasteiger partial charge in [-0.25, -0.2) is 9.59 Å². The Kier molecular flexibility index (Phi) is 9.93. The Morgan fingerprint density at radius 2 is 1.46 bits per heavy atom. The number of ether oxygens (including phenoxy) is 4. The molecule has 0 aliphatic carbocycles. The average molecular weight is 480 g/mol. The van der Waals surface area contributed by atoms with Crippen LogP contribution in [0.1, 0.15) is 37.3 Å². The van der Waals surface area contributed by atoms with Gasteiger partial charge in [0.2, 0.25) is 0 Å². The van der Waals surface area contributed by atoms with Gasteiger partial charge in [0.25, 0.3) is 0 Å². The van der Waals surface area contributed by atoms with Crippen LogP contribution in [0.4, 0.5) is 0 Å². The molecule has 0 spiro atoms. The summed E-state index contributed by atoms with van der Waals surface area (Å²) in [4.78, 5) is 28.0. The Morgan fingerprint density at radius 1 is 0.857 bits per heavy atom. The Bertz CT molecular complexity index is 1010. The lowest BCUT2D eigenvalue weighted by molar-refractivity contribution is -0.139. The maximum Gasteiger partial charge on any atom is 0.336 e. The zero-order valence-electron chi connectivity index (χ0n) is 20.6. The molecule has 2 aromatic carbocycles. The van der Waals surface area contributed by atoms with E-state index in [4.69, 9.17) is 18.9 Å². The number of hydrogen-bond donors (Lipinski definition) is 0. The zero-order chi connectivity index (χ0) is 25.0. The van der Waals surface area contributed by atoms with Crippen LogP contribution in [-0.2, 0) is 30.4 Å². The summed E-state index contributed by atoms with van der Waals surface area (Å²) >= 11 is 0. The highest BCUT2D eigenvalue weighted by molar-refractivity contribution is 5.99. The molecule has 0 aromatic heterocycles. The summed E-state index contributed by atoms with van der Waals surface area (Å²) in [6.07, 6.45) is 4.21. The van der Waals surface area contributed by atoms with Crippen LogP contribution in [0.15, 0.2) is 78.1 Å². The monoisotopic (exact) mass is 479 g/mol. The summed E-state index contributed by atoms with van der Waals surface area (Å²) in [5.41, 5.74) is 2.41. The summed E-state index contributed by atoms with van der Waals surface area (Å²) in [7, 11) is 1.64. The van der Waals surface area contributed by atoms with Crippen molar-refractivity contribution in [2.45, 2.75) is 32.8 Å². The largest absolute Gasteiger partial charge is 0.489 e. The Morgan fingerprint density at radius 3 is 2.06 bits per heavy atom. The third-order valence-corrected chi connectivity index (χ3v) is 5.49. The fourth-order valence-electron chi connectivity index (χ4n) is 3.92. The van der Waals surface area contributed by atoms with Crippen molar-refractivity contribution >= 4 is 11.9 Å². The second kappa shape index (κ2) is 13.3. The van der Waals surface area contributed by atoms with Crippen molar-refractivity contribution in [3.05, 3.63) is 89.3 Å². The van der Waals surface area contributed by atoms with Crippen molar-refractivity contribution in [1.82, 2.24) is 4.90 Å². The van der Waals surface area contributed by atoms with Crippen LogP contribution in [0.5, 0.6) is 5.75 Å². The van der Waals surface area contributed by atoms with Gasteiger partial charge >= 0.3 is 11.9 Å². The van der Waals surface area contributed by atoms with Gasteiger partial charge in [-0.15, -0.1) is 0 Å². The predicted molar refractivity (Wildman–Crippen MR) is 133 cm³/mol. The number of benzene rings is 2. The first-order chi connectivity index (χ1) is 17.1. The molecular weight excluding hydrogens is 446 g/mol. The minimum atomic E-state index is -0.696. The number of para-hydroxylation sites is 1. The number of carbonyl (C=O) groups is 2. The van der Waals surface area contributed by atoms with Crippen molar-refractivity contribution < 1.29 is 28.5 Å². The highest BCUT2D eigenvalue weighted by Gasteiger charge is 2.37. The van der Waals surface area contributed by atoms with Gasteiger partial charge in [-0.3, -0.25) is 0 Å². The topological polar surface area (TPSA) is 74.3 Å². The lowest BCUT2D eigenvalue weighted by Crippen LogP contribution is -2.30. The molecule has 0 atom stereocenters. The van der Waals surface area contributed by atoms with Crippen LogP contribution in [0.2, 0.25) is 0 Å². The van der Waals surface area contributed by atoms with Crippen molar-refractivity contribution in [1.29, 1.82) is 0 Å². The number of methoxy groups -OCH3 is 1. The Balaban J connectivity index is 2.03. The molecule has 1 heterocycles. The van der Waals surface area contributed by atoms with Gasteiger partial charge in [-0.05, 0) is 31.9 Å². The van der Waals surface area contributed by atoms with E-state index in [-0.39, 0.29) is 13.2 Å². The maximum atomic E-state index is 13.1. The van der Waals surface area contributed by atoms with E-state index in [0.717, 1.165) is 12.0 Å². The molecule has 7 heteroatoms. The molecule has 0 bridgehead atoms. The second-order valence-corrected chi connectivity index (χ2v) is 7.94. The summed E-state index contributed by atoms with van der Waals surface area (Å²) in [5.74, 6) is -1.08. The standard InChI is InChI=1S/C28H33NO6/c1-4-33-27(30)23-18-29(16-11-17-32-3)19-24(28(31)34-5-2)26(23)22-14-9-10-15-25(22)35-20-21-12-7-6-8-13-21/h6-10,12-15,18-19,26H,4-5,11,16-17,20H2,1-3H3.